The molecule has 0 aromatic carbocycles. The van der Waals surface area contributed by atoms with Gasteiger partial charge in [0.2, 0.25) is 0 Å². The summed E-state index contributed by atoms with van der Waals surface area (Å²) in [5.41, 5.74) is 0. The fourth-order valence-corrected chi connectivity index (χ4v) is 4.30. The van der Waals surface area contributed by atoms with Crippen molar-refractivity contribution >= 4 is 0 Å². The molecule has 0 aromatic heterocycles. The van der Waals surface area contributed by atoms with Crippen LogP contribution in [-0.2, 0) is 0 Å². The van der Waals surface area contributed by atoms with Crippen LogP contribution >= 0.6 is 0 Å². The van der Waals surface area contributed by atoms with E-state index in [4.69, 9.17) is 0 Å². The largest absolute Gasteiger partial charge is 0.301 e. The highest BCUT2D eigenvalue weighted by molar-refractivity contribution is 4.84. The standard InChI is InChI=1S/C19H37F2N3/c1-15(2)22-9-5-17(6-10-22)13-24(14-19(20)21)18-7-11-23(12-8-18)16(3)4/h15-19H,5-14H2,1-4H3. The Morgan fingerprint density at radius 3 is 1.71 bits per heavy atom. The van der Waals surface area contributed by atoms with Crippen LogP contribution in [0.25, 0.3) is 0 Å². The van der Waals surface area contributed by atoms with Crippen LogP contribution in [-0.4, -0.2) is 78.5 Å². The Morgan fingerprint density at radius 2 is 1.29 bits per heavy atom. The predicted molar refractivity (Wildman–Crippen MR) is 96.7 cm³/mol. The van der Waals surface area contributed by atoms with E-state index in [9.17, 15) is 8.78 Å². The number of halogens is 2. The van der Waals surface area contributed by atoms with Crippen LogP contribution < -0.4 is 0 Å². The molecule has 0 radical (unpaired) electrons. The summed E-state index contributed by atoms with van der Waals surface area (Å²) in [6, 6.07) is 1.51. The first-order valence-electron chi connectivity index (χ1n) is 9.87. The average molecular weight is 346 g/mol. The van der Waals surface area contributed by atoms with Gasteiger partial charge in [-0.15, -0.1) is 0 Å². The molecule has 0 aliphatic carbocycles. The fourth-order valence-electron chi connectivity index (χ4n) is 4.30. The van der Waals surface area contributed by atoms with Crippen molar-refractivity contribution in [3.8, 4) is 0 Å². The van der Waals surface area contributed by atoms with E-state index in [0.717, 1.165) is 58.4 Å². The van der Waals surface area contributed by atoms with Gasteiger partial charge in [0, 0.05) is 24.7 Å². The fraction of sp³-hybridized carbons (Fsp3) is 1.00. The van der Waals surface area contributed by atoms with Crippen molar-refractivity contribution in [2.45, 2.75) is 77.9 Å². The molecule has 2 rings (SSSR count). The third kappa shape index (κ3) is 5.92. The van der Waals surface area contributed by atoms with Gasteiger partial charge in [0.25, 0.3) is 6.43 Å². The molecule has 2 aliphatic rings. The lowest BCUT2D eigenvalue weighted by molar-refractivity contribution is 0.0196. The number of nitrogens with zero attached hydrogens (tertiary/aromatic N) is 3. The SMILES string of the molecule is CC(C)N1CCC(CN(CC(F)F)C2CCN(C(C)C)CC2)CC1. The minimum atomic E-state index is -2.22. The molecule has 0 spiro atoms. The van der Waals surface area contributed by atoms with Crippen LogP contribution in [0.4, 0.5) is 8.78 Å². The molecule has 0 bridgehead atoms. The van der Waals surface area contributed by atoms with Gasteiger partial charge in [-0.05, 0) is 85.5 Å². The zero-order valence-electron chi connectivity index (χ0n) is 16.1. The molecule has 3 nitrogen and oxygen atoms in total. The molecule has 0 aromatic rings. The second-order valence-corrected chi connectivity index (χ2v) is 8.28. The van der Waals surface area contributed by atoms with E-state index < -0.39 is 6.43 Å². The molecule has 2 saturated heterocycles. The Morgan fingerprint density at radius 1 is 0.833 bits per heavy atom. The molecule has 5 heteroatoms. The molecule has 0 unspecified atom stereocenters. The van der Waals surface area contributed by atoms with Gasteiger partial charge in [-0.1, -0.05) is 0 Å². The molecular formula is C19H37F2N3. The quantitative estimate of drug-likeness (QED) is 0.699. The second-order valence-electron chi connectivity index (χ2n) is 8.28. The monoisotopic (exact) mass is 345 g/mol. The first kappa shape index (κ1) is 20.1. The predicted octanol–water partition coefficient (Wildman–Crippen LogP) is 3.55. The first-order valence-corrected chi connectivity index (χ1v) is 9.87. The summed E-state index contributed by atoms with van der Waals surface area (Å²) in [5.74, 6) is 0.585. The maximum absolute atomic E-state index is 13.1. The van der Waals surface area contributed by atoms with Gasteiger partial charge in [-0.25, -0.2) is 8.78 Å². The van der Waals surface area contributed by atoms with E-state index in [0.29, 0.717) is 24.0 Å². The van der Waals surface area contributed by atoms with Gasteiger partial charge in [0.05, 0.1) is 6.54 Å². The minimum Gasteiger partial charge on any atom is -0.301 e. The smallest absolute Gasteiger partial charge is 0.251 e. The molecule has 2 heterocycles. The molecule has 0 atom stereocenters. The van der Waals surface area contributed by atoms with Gasteiger partial charge in [0.1, 0.15) is 0 Å². The van der Waals surface area contributed by atoms with Crippen molar-refractivity contribution < 1.29 is 8.78 Å². The lowest BCUT2D eigenvalue weighted by Crippen LogP contribution is -2.50. The molecule has 24 heavy (non-hydrogen) atoms. The molecule has 0 N–H and O–H groups in total. The Bertz CT molecular complexity index is 347. The van der Waals surface area contributed by atoms with Crippen LogP contribution in [0.5, 0.6) is 0 Å². The van der Waals surface area contributed by atoms with E-state index in [1.165, 1.54) is 0 Å². The topological polar surface area (TPSA) is 9.72 Å². The Labute approximate surface area is 147 Å². The van der Waals surface area contributed by atoms with Gasteiger partial charge in [-0.3, -0.25) is 4.90 Å². The summed E-state index contributed by atoms with van der Waals surface area (Å²) in [6.45, 7) is 14.1. The summed E-state index contributed by atoms with van der Waals surface area (Å²) < 4.78 is 26.2. The maximum atomic E-state index is 13.1. The Kier molecular flexibility index (Phi) is 7.89. The van der Waals surface area contributed by atoms with Crippen molar-refractivity contribution in [2.24, 2.45) is 5.92 Å². The summed E-state index contributed by atoms with van der Waals surface area (Å²) in [4.78, 5) is 7.10. The number of rotatable bonds is 7. The van der Waals surface area contributed by atoms with Crippen LogP contribution in [0.2, 0.25) is 0 Å². The van der Waals surface area contributed by atoms with Crippen LogP contribution in [0.15, 0.2) is 0 Å². The van der Waals surface area contributed by atoms with E-state index in [2.05, 4.69) is 42.4 Å². The van der Waals surface area contributed by atoms with E-state index in [-0.39, 0.29) is 6.54 Å². The van der Waals surface area contributed by atoms with Gasteiger partial charge in [-0.2, -0.15) is 0 Å². The van der Waals surface area contributed by atoms with Crippen molar-refractivity contribution in [3.63, 3.8) is 0 Å². The molecule has 142 valence electrons. The minimum absolute atomic E-state index is 0.0449. The van der Waals surface area contributed by atoms with E-state index >= 15 is 0 Å². The normalized spacial score (nSPS) is 23.2. The number of hydrogen-bond donors (Lipinski definition) is 0. The number of alkyl halides is 2. The summed E-state index contributed by atoms with van der Waals surface area (Å²) in [7, 11) is 0. The lowest BCUT2D eigenvalue weighted by Gasteiger charge is -2.42. The summed E-state index contributed by atoms with van der Waals surface area (Å²) in [5, 5.41) is 0. The van der Waals surface area contributed by atoms with Crippen molar-refractivity contribution in [1.29, 1.82) is 0 Å². The van der Waals surface area contributed by atoms with Crippen molar-refractivity contribution in [1.82, 2.24) is 14.7 Å². The summed E-state index contributed by atoms with van der Waals surface area (Å²) >= 11 is 0. The van der Waals surface area contributed by atoms with Crippen LogP contribution in [0.1, 0.15) is 53.4 Å². The zero-order valence-corrected chi connectivity index (χ0v) is 16.1. The Balaban J connectivity index is 1.85. The highest BCUT2D eigenvalue weighted by Gasteiger charge is 2.30. The third-order valence-corrected chi connectivity index (χ3v) is 5.99. The third-order valence-electron chi connectivity index (χ3n) is 5.99. The number of hydrogen-bond acceptors (Lipinski definition) is 3. The number of likely N-dealkylation sites (tertiary alicyclic amines) is 2. The molecular weight excluding hydrogens is 308 g/mol. The van der Waals surface area contributed by atoms with Gasteiger partial charge in [0.15, 0.2) is 0 Å². The number of piperidine rings is 2. The van der Waals surface area contributed by atoms with Crippen molar-refractivity contribution in [2.75, 3.05) is 39.3 Å². The summed E-state index contributed by atoms with van der Waals surface area (Å²) in [6.07, 6.45) is 2.17. The van der Waals surface area contributed by atoms with Gasteiger partial charge >= 0.3 is 0 Å². The van der Waals surface area contributed by atoms with Crippen molar-refractivity contribution in [3.05, 3.63) is 0 Å². The van der Waals surface area contributed by atoms with E-state index in [1.54, 1.807) is 0 Å². The highest BCUT2D eigenvalue weighted by atomic mass is 19.3. The van der Waals surface area contributed by atoms with Crippen LogP contribution in [0.3, 0.4) is 0 Å². The first-order chi connectivity index (χ1) is 11.4. The second kappa shape index (κ2) is 9.44. The van der Waals surface area contributed by atoms with Gasteiger partial charge < -0.3 is 9.80 Å². The molecule has 2 aliphatic heterocycles. The highest BCUT2D eigenvalue weighted by Crippen LogP contribution is 2.25. The Hall–Kier alpha value is -0.260. The zero-order chi connectivity index (χ0) is 17.7. The lowest BCUT2D eigenvalue weighted by atomic mass is 9.93. The molecule has 0 saturated carbocycles. The maximum Gasteiger partial charge on any atom is 0.251 e. The average Bonchev–Trinajstić information content (AvgIpc) is 2.54. The van der Waals surface area contributed by atoms with E-state index in [1.807, 2.05) is 0 Å². The molecule has 2 fully saturated rings. The molecule has 0 amide bonds. The van der Waals surface area contributed by atoms with Crippen LogP contribution in [0, 0.1) is 5.92 Å².